The lowest BCUT2D eigenvalue weighted by atomic mass is 9.96. The van der Waals surface area contributed by atoms with Gasteiger partial charge < -0.3 is 20.3 Å². The van der Waals surface area contributed by atoms with Gasteiger partial charge in [0.2, 0.25) is 11.8 Å². The van der Waals surface area contributed by atoms with Gasteiger partial charge in [-0.25, -0.2) is 4.79 Å². The molecule has 1 rings (SSSR count). The second-order valence-electron chi connectivity index (χ2n) is 12.7. The van der Waals surface area contributed by atoms with Gasteiger partial charge >= 0.3 is 6.09 Å². The number of amides is 3. The first-order valence-electron chi connectivity index (χ1n) is 15.4. The zero-order valence-electron chi connectivity index (χ0n) is 27.0. The Morgan fingerprint density at radius 2 is 1.43 bits per heavy atom. The van der Waals surface area contributed by atoms with Crippen LogP contribution in [0.15, 0.2) is 18.2 Å². The molecule has 228 valence electrons. The van der Waals surface area contributed by atoms with E-state index in [1.807, 2.05) is 46.8 Å². The monoisotopic (exact) mass is 559 g/mol. The molecule has 0 saturated carbocycles. The summed E-state index contributed by atoms with van der Waals surface area (Å²) in [5.74, 6) is -0.657. The third kappa shape index (κ3) is 12.7. The number of hydrogen-bond acceptors (Lipinski definition) is 4. The largest absolute Gasteiger partial charge is 0.444 e. The average Bonchev–Trinajstić information content (AvgIpc) is 2.81. The van der Waals surface area contributed by atoms with E-state index in [0.29, 0.717) is 6.54 Å². The van der Waals surface area contributed by atoms with E-state index in [2.05, 4.69) is 30.5 Å². The number of nitrogens with one attached hydrogen (secondary N) is 2. The van der Waals surface area contributed by atoms with Gasteiger partial charge in [0, 0.05) is 12.6 Å². The van der Waals surface area contributed by atoms with Crippen molar-refractivity contribution >= 4 is 17.9 Å². The Labute approximate surface area is 244 Å². The van der Waals surface area contributed by atoms with Crippen molar-refractivity contribution in [2.24, 2.45) is 5.92 Å². The van der Waals surface area contributed by atoms with Gasteiger partial charge in [-0.15, -0.1) is 0 Å². The molecule has 1 aromatic rings. The van der Waals surface area contributed by atoms with Crippen molar-refractivity contribution in [3.63, 3.8) is 0 Å². The van der Waals surface area contributed by atoms with Crippen molar-refractivity contribution < 1.29 is 19.1 Å². The van der Waals surface area contributed by atoms with Crippen molar-refractivity contribution in [1.82, 2.24) is 15.5 Å². The fourth-order valence-electron chi connectivity index (χ4n) is 5.02. The lowest BCUT2D eigenvalue weighted by Crippen LogP contribution is -2.55. The zero-order valence-corrected chi connectivity index (χ0v) is 27.0. The summed E-state index contributed by atoms with van der Waals surface area (Å²) < 4.78 is 5.49. The van der Waals surface area contributed by atoms with E-state index in [0.717, 1.165) is 55.2 Å². The van der Waals surface area contributed by atoms with Crippen LogP contribution in [-0.2, 0) is 14.3 Å². The molecule has 0 spiro atoms. The molecular formula is C33H57N3O4. The molecule has 2 N–H and O–H groups in total. The number of carbonyl (C=O) groups excluding carboxylic acids is 3. The molecule has 0 aromatic heterocycles. The number of hydrogen-bond donors (Lipinski definition) is 2. The van der Waals surface area contributed by atoms with E-state index < -0.39 is 23.8 Å². The smallest absolute Gasteiger partial charge is 0.408 e. The van der Waals surface area contributed by atoms with Gasteiger partial charge in [0.1, 0.15) is 17.7 Å². The van der Waals surface area contributed by atoms with Crippen molar-refractivity contribution in [3.05, 3.63) is 34.9 Å². The SMILES string of the molecule is CCCCCCCCN(C(=O)C(NC(=O)OC(C)(C)C)C(C)C)C(C(=O)NC(C)CCC)c1cc(C)cc(C)c1. The molecule has 7 nitrogen and oxygen atoms in total. The quantitative estimate of drug-likeness (QED) is 0.207. The predicted molar refractivity (Wildman–Crippen MR) is 164 cm³/mol. The third-order valence-corrected chi connectivity index (χ3v) is 6.87. The number of ether oxygens (including phenoxy) is 1. The first kappa shape index (κ1) is 35.5. The highest BCUT2D eigenvalue weighted by Gasteiger charge is 2.37. The normalized spacial score (nSPS) is 13.9. The van der Waals surface area contributed by atoms with Crippen LogP contribution < -0.4 is 10.6 Å². The lowest BCUT2D eigenvalue weighted by molar-refractivity contribution is -0.143. The van der Waals surface area contributed by atoms with Gasteiger partial charge in [0.05, 0.1) is 0 Å². The van der Waals surface area contributed by atoms with Crippen LogP contribution in [0.25, 0.3) is 0 Å². The van der Waals surface area contributed by atoms with Crippen molar-refractivity contribution in [2.45, 2.75) is 144 Å². The summed E-state index contributed by atoms with van der Waals surface area (Å²) in [5, 5.41) is 5.98. The van der Waals surface area contributed by atoms with Crippen LogP contribution in [0, 0.1) is 19.8 Å². The molecule has 0 bridgehead atoms. The summed E-state index contributed by atoms with van der Waals surface area (Å²) >= 11 is 0. The van der Waals surface area contributed by atoms with Gasteiger partial charge in [-0.1, -0.05) is 95.5 Å². The van der Waals surface area contributed by atoms with Crippen LogP contribution in [0.5, 0.6) is 0 Å². The molecular weight excluding hydrogens is 502 g/mol. The van der Waals surface area contributed by atoms with E-state index in [-0.39, 0.29) is 23.8 Å². The molecule has 0 heterocycles. The molecule has 0 aliphatic heterocycles. The number of carbonyl (C=O) groups is 3. The molecule has 40 heavy (non-hydrogen) atoms. The minimum absolute atomic E-state index is 0.0160. The summed E-state index contributed by atoms with van der Waals surface area (Å²) in [7, 11) is 0. The Balaban J connectivity index is 3.50. The Morgan fingerprint density at radius 3 is 1.95 bits per heavy atom. The van der Waals surface area contributed by atoms with Gasteiger partial charge in [-0.05, 0) is 65.9 Å². The van der Waals surface area contributed by atoms with Gasteiger partial charge in [-0.3, -0.25) is 9.59 Å². The van der Waals surface area contributed by atoms with Gasteiger partial charge in [0.25, 0.3) is 0 Å². The molecule has 0 saturated heterocycles. The minimum atomic E-state index is -0.829. The molecule has 0 radical (unpaired) electrons. The van der Waals surface area contributed by atoms with E-state index in [1.54, 1.807) is 25.7 Å². The van der Waals surface area contributed by atoms with Crippen molar-refractivity contribution in [2.75, 3.05) is 6.54 Å². The number of nitrogens with zero attached hydrogens (tertiary/aromatic N) is 1. The fraction of sp³-hybridized carbons (Fsp3) is 0.727. The molecule has 3 amide bonds. The maximum atomic E-state index is 14.3. The van der Waals surface area contributed by atoms with Crippen LogP contribution >= 0.6 is 0 Å². The Bertz CT molecular complexity index is 918. The predicted octanol–water partition coefficient (Wildman–Crippen LogP) is 7.39. The van der Waals surface area contributed by atoms with Crippen molar-refractivity contribution in [1.29, 1.82) is 0 Å². The minimum Gasteiger partial charge on any atom is -0.444 e. The zero-order chi connectivity index (χ0) is 30.5. The van der Waals surface area contributed by atoms with E-state index in [9.17, 15) is 14.4 Å². The first-order chi connectivity index (χ1) is 18.7. The van der Waals surface area contributed by atoms with Crippen LogP contribution in [-0.4, -0.2) is 47.0 Å². The standard InChI is InChI=1S/C33H57N3O4/c1-11-13-14-15-16-17-19-36(31(38)28(23(3)4)35-32(39)40-33(8,9)10)29(30(37)34-26(7)18-12-2)27-21-24(5)20-25(6)22-27/h20-23,26,28-29H,11-19H2,1-10H3,(H,34,37)(H,35,39). The molecule has 1 aromatic carbocycles. The van der Waals surface area contributed by atoms with Gasteiger partial charge in [0.15, 0.2) is 0 Å². The van der Waals surface area contributed by atoms with Gasteiger partial charge in [-0.2, -0.15) is 0 Å². The van der Waals surface area contributed by atoms with Crippen LogP contribution in [0.1, 0.15) is 129 Å². The Morgan fingerprint density at radius 1 is 0.850 bits per heavy atom. The summed E-state index contributed by atoms with van der Waals surface area (Å²) in [4.78, 5) is 42.7. The van der Waals surface area contributed by atoms with E-state index in [1.165, 1.54) is 12.8 Å². The molecule has 0 fully saturated rings. The summed E-state index contributed by atoms with van der Waals surface area (Å²) in [5.41, 5.74) is 2.17. The summed E-state index contributed by atoms with van der Waals surface area (Å²) in [6.07, 6.45) is 7.54. The maximum Gasteiger partial charge on any atom is 0.408 e. The Hall–Kier alpha value is -2.57. The lowest BCUT2D eigenvalue weighted by Gasteiger charge is -2.36. The highest BCUT2D eigenvalue weighted by Crippen LogP contribution is 2.27. The topological polar surface area (TPSA) is 87.7 Å². The summed E-state index contributed by atoms with van der Waals surface area (Å²) in [6.45, 7) is 19.9. The first-order valence-corrected chi connectivity index (χ1v) is 15.4. The highest BCUT2D eigenvalue weighted by atomic mass is 16.6. The second-order valence-corrected chi connectivity index (χ2v) is 12.7. The number of rotatable bonds is 16. The van der Waals surface area contributed by atoms with Crippen LogP contribution in [0.3, 0.4) is 0 Å². The highest BCUT2D eigenvalue weighted by molar-refractivity contribution is 5.92. The molecule has 3 atom stereocenters. The van der Waals surface area contributed by atoms with Crippen LogP contribution in [0.4, 0.5) is 4.79 Å². The number of unbranched alkanes of at least 4 members (excludes halogenated alkanes) is 5. The molecule has 3 unspecified atom stereocenters. The number of aryl methyl sites for hydroxylation is 2. The molecule has 0 aliphatic rings. The summed E-state index contributed by atoms with van der Waals surface area (Å²) in [6, 6.07) is 4.41. The third-order valence-electron chi connectivity index (χ3n) is 6.87. The number of benzene rings is 1. The Kier molecular flexibility index (Phi) is 15.3. The van der Waals surface area contributed by atoms with E-state index >= 15 is 0 Å². The number of alkyl carbamates (subject to hydrolysis) is 1. The maximum absolute atomic E-state index is 14.3. The van der Waals surface area contributed by atoms with E-state index in [4.69, 9.17) is 4.74 Å². The molecule has 0 aliphatic carbocycles. The second kappa shape index (κ2) is 17.3. The average molecular weight is 560 g/mol. The fourth-order valence-corrected chi connectivity index (χ4v) is 5.02. The van der Waals surface area contributed by atoms with Crippen molar-refractivity contribution in [3.8, 4) is 0 Å². The van der Waals surface area contributed by atoms with Crippen LogP contribution in [0.2, 0.25) is 0 Å². The molecule has 7 heteroatoms.